The summed E-state index contributed by atoms with van der Waals surface area (Å²) in [6, 6.07) is 20.8. The molecular weight excluding hydrogens is 593 g/mol. The SMILES string of the molecule is Cc1cccc(CN(C(=O)CN(c2cc(Cl)cc(Cl)c2)S(C)(=O)=O)[C@H](Cc2ccccc2)C(=O)NC2CCCCC2)c1. The van der Waals surface area contributed by atoms with E-state index in [1.54, 1.807) is 0 Å². The second-order valence-corrected chi connectivity index (χ2v) is 13.7. The number of amides is 2. The Balaban J connectivity index is 1.73. The van der Waals surface area contributed by atoms with Crippen LogP contribution in [-0.2, 0) is 32.6 Å². The molecule has 1 aliphatic carbocycles. The highest BCUT2D eigenvalue weighted by Crippen LogP contribution is 2.28. The van der Waals surface area contributed by atoms with Gasteiger partial charge < -0.3 is 10.2 Å². The molecule has 0 unspecified atom stereocenters. The number of anilines is 1. The molecule has 0 aromatic heterocycles. The molecule has 224 valence electrons. The van der Waals surface area contributed by atoms with Gasteiger partial charge in [-0.3, -0.25) is 13.9 Å². The summed E-state index contributed by atoms with van der Waals surface area (Å²) in [4.78, 5) is 29.7. The average Bonchev–Trinajstić information content (AvgIpc) is 2.93. The topological polar surface area (TPSA) is 86.8 Å². The Morgan fingerprint density at radius 3 is 2.17 bits per heavy atom. The minimum Gasteiger partial charge on any atom is -0.352 e. The molecule has 1 fully saturated rings. The van der Waals surface area contributed by atoms with Gasteiger partial charge in [0.25, 0.3) is 0 Å². The molecule has 2 amide bonds. The predicted octanol–water partition coefficient (Wildman–Crippen LogP) is 6.16. The molecule has 4 rings (SSSR count). The van der Waals surface area contributed by atoms with E-state index in [0.29, 0.717) is 0 Å². The third-order valence-electron chi connectivity index (χ3n) is 7.47. The van der Waals surface area contributed by atoms with E-state index in [2.05, 4.69) is 5.32 Å². The van der Waals surface area contributed by atoms with Crippen molar-refractivity contribution < 1.29 is 18.0 Å². The van der Waals surface area contributed by atoms with Gasteiger partial charge in [0.1, 0.15) is 12.6 Å². The summed E-state index contributed by atoms with van der Waals surface area (Å²) in [6.45, 7) is 1.56. The van der Waals surface area contributed by atoms with E-state index < -0.39 is 28.5 Å². The van der Waals surface area contributed by atoms with E-state index >= 15 is 0 Å². The third kappa shape index (κ3) is 8.96. The van der Waals surface area contributed by atoms with Crippen LogP contribution in [0.25, 0.3) is 0 Å². The Labute approximate surface area is 258 Å². The van der Waals surface area contributed by atoms with Crippen LogP contribution < -0.4 is 9.62 Å². The molecule has 1 atom stereocenters. The monoisotopic (exact) mass is 629 g/mol. The van der Waals surface area contributed by atoms with Crippen LogP contribution in [0.5, 0.6) is 0 Å². The van der Waals surface area contributed by atoms with Crippen molar-refractivity contribution in [1.82, 2.24) is 10.2 Å². The second-order valence-electron chi connectivity index (χ2n) is 11.0. The van der Waals surface area contributed by atoms with Crippen molar-refractivity contribution in [2.45, 2.75) is 64.1 Å². The van der Waals surface area contributed by atoms with Crippen LogP contribution >= 0.6 is 23.2 Å². The van der Waals surface area contributed by atoms with Gasteiger partial charge in [0.15, 0.2) is 0 Å². The number of sulfonamides is 1. The van der Waals surface area contributed by atoms with Crippen LogP contribution in [0.1, 0.15) is 48.8 Å². The van der Waals surface area contributed by atoms with E-state index in [4.69, 9.17) is 23.2 Å². The lowest BCUT2D eigenvalue weighted by atomic mass is 9.94. The van der Waals surface area contributed by atoms with Gasteiger partial charge in [0.2, 0.25) is 21.8 Å². The summed E-state index contributed by atoms with van der Waals surface area (Å²) >= 11 is 12.4. The minimum atomic E-state index is -3.92. The smallest absolute Gasteiger partial charge is 0.244 e. The van der Waals surface area contributed by atoms with Gasteiger partial charge in [0.05, 0.1) is 11.9 Å². The number of rotatable bonds is 11. The van der Waals surface area contributed by atoms with Crippen LogP contribution in [0, 0.1) is 6.92 Å². The van der Waals surface area contributed by atoms with E-state index in [0.717, 1.165) is 59.4 Å². The lowest BCUT2D eigenvalue weighted by Crippen LogP contribution is -2.55. The lowest BCUT2D eigenvalue weighted by Gasteiger charge is -2.35. The molecule has 1 aliphatic rings. The van der Waals surface area contributed by atoms with E-state index in [-0.39, 0.29) is 40.6 Å². The second kappa shape index (κ2) is 14.4. The van der Waals surface area contributed by atoms with Gasteiger partial charge in [-0.2, -0.15) is 0 Å². The summed E-state index contributed by atoms with van der Waals surface area (Å²) in [5.41, 5.74) is 2.91. The summed E-state index contributed by atoms with van der Waals surface area (Å²) in [6.07, 6.45) is 6.33. The number of carbonyl (C=O) groups is 2. The molecule has 0 spiro atoms. The molecule has 0 aliphatic heterocycles. The van der Waals surface area contributed by atoms with Crippen LogP contribution in [0.15, 0.2) is 72.8 Å². The first-order valence-electron chi connectivity index (χ1n) is 14.1. The van der Waals surface area contributed by atoms with E-state index in [1.165, 1.54) is 23.1 Å². The number of nitrogens with one attached hydrogen (secondary N) is 1. The Morgan fingerprint density at radius 2 is 1.55 bits per heavy atom. The molecule has 10 heteroatoms. The molecule has 3 aromatic carbocycles. The Morgan fingerprint density at radius 1 is 0.905 bits per heavy atom. The molecule has 0 radical (unpaired) electrons. The maximum absolute atomic E-state index is 14.2. The van der Waals surface area contributed by atoms with Crippen molar-refractivity contribution >= 4 is 50.7 Å². The van der Waals surface area contributed by atoms with Gasteiger partial charge in [-0.25, -0.2) is 8.42 Å². The number of hydrogen-bond donors (Lipinski definition) is 1. The molecule has 0 bridgehead atoms. The van der Waals surface area contributed by atoms with Crippen molar-refractivity contribution in [3.8, 4) is 0 Å². The first-order valence-corrected chi connectivity index (χ1v) is 16.7. The Hall–Kier alpha value is -3.07. The highest BCUT2D eigenvalue weighted by Gasteiger charge is 2.34. The number of aryl methyl sites for hydroxylation is 1. The maximum Gasteiger partial charge on any atom is 0.244 e. The number of nitrogens with zero attached hydrogens (tertiary/aromatic N) is 2. The van der Waals surface area contributed by atoms with Crippen LogP contribution in [0.2, 0.25) is 10.0 Å². The fraction of sp³-hybridized carbons (Fsp3) is 0.375. The number of benzene rings is 3. The zero-order valence-electron chi connectivity index (χ0n) is 23.9. The van der Waals surface area contributed by atoms with Crippen LogP contribution in [0.4, 0.5) is 5.69 Å². The summed E-state index contributed by atoms with van der Waals surface area (Å²) in [5, 5.41) is 3.68. The largest absolute Gasteiger partial charge is 0.352 e. The third-order valence-corrected chi connectivity index (χ3v) is 9.05. The molecule has 0 heterocycles. The zero-order valence-corrected chi connectivity index (χ0v) is 26.3. The van der Waals surface area contributed by atoms with Crippen molar-refractivity contribution in [1.29, 1.82) is 0 Å². The lowest BCUT2D eigenvalue weighted by molar-refractivity contribution is -0.140. The fourth-order valence-corrected chi connectivity index (χ4v) is 6.75. The summed E-state index contributed by atoms with van der Waals surface area (Å²) < 4.78 is 26.9. The summed E-state index contributed by atoms with van der Waals surface area (Å²) in [7, 11) is -3.92. The minimum absolute atomic E-state index is 0.0431. The first-order chi connectivity index (χ1) is 20.0. The highest BCUT2D eigenvalue weighted by atomic mass is 35.5. The quantitative estimate of drug-likeness (QED) is 0.275. The molecule has 1 N–H and O–H groups in total. The standard InChI is InChI=1S/C32H37Cl2N3O4S/c1-23-10-9-13-25(16-23)21-36(31(38)22-37(42(2,40)41)29-19-26(33)18-27(34)20-29)30(17-24-11-5-3-6-12-24)32(39)35-28-14-7-4-8-15-28/h3,5-6,9-13,16,18-20,28,30H,4,7-8,14-15,17,21-22H2,1-2H3,(H,35,39)/t30-/m1/s1. The van der Waals surface area contributed by atoms with Crippen molar-refractivity contribution in [2.24, 2.45) is 0 Å². The molecule has 3 aromatic rings. The first kappa shape index (κ1) is 31.9. The molecular formula is C32H37Cl2N3O4S. The maximum atomic E-state index is 14.2. The Bertz CT molecular complexity index is 1470. The summed E-state index contributed by atoms with van der Waals surface area (Å²) in [5.74, 6) is -0.763. The predicted molar refractivity (Wildman–Crippen MR) is 169 cm³/mol. The number of halogens is 2. The fourth-order valence-electron chi connectivity index (χ4n) is 5.40. The van der Waals surface area contributed by atoms with Gasteiger partial charge in [-0.05, 0) is 49.1 Å². The molecule has 7 nitrogen and oxygen atoms in total. The average molecular weight is 631 g/mol. The molecule has 1 saturated carbocycles. The van der Waals surface area contributed by atoms with Crippen molar-refractivity contribution in [2.75, 3.05) is 17.1 Å². The van der Waals surface area contributed by atoms with E-state index in [1.807, 2.05) is 61.5 Å². The van der Waals surface area contributed by atoms with Crippen molar-refractivity contribution in [3.05, 3.63) is 99.5 Å². The van der Waals surface area contributed by atoms with Gasteiger partial charge in [-0.1, -0.05) is 103 Å². The van der Waals surface area contributed by atoms with E-state index in [9.17, 15) is 18.0 Å². The van der Waals surface area contributed by atoms with Gasteiger partial charge in [-0.15, -0.1) is 0 Å². The Kier molecular flexibility index (Phi) is 10.9. The van der Waals surface area contributed by atoms with Gasteiger partial charge >= 0.3 is 0 Å². The molecule has 0 saturated heterocycles. The number of hydrogen-bond acceptors (Lipinski definition) is 4. The van der Waals surface area contributed by atoms with Crippen LogP contribution in [0.3, 0.4) is 0 Å². The zero-order chi connectivity index (χ0) is 30.3. The van der Waals surface area contributed by atoms with Crippen LogP contribution in [-0.4, -0.2) is 50.0 Å². The number of carbonyl (C=O) groups excluding carboxylic acids is 2. The molecule has 42 heavy (non-hydrogen) atoms. The van der Waals surface area contributed by atoms with Crippen molar-refractivity contribution in [3.63, 3.8) is 0 Å². The normalized spacial score (nSPS) is 14.7. The highest BCUT2D eigenvalue weighted by molar-refractivity contribution is 7.92. The van der Waals surface area contributed by atoms with Gasteiger partial charge in [0, 0.05) is 29.1 Å².